The summed E-state index contributed by atoms with van der Waals surface area (Å²) in [5.41, 5.74) is 0.714. The normalized spacial score (nSPS) is 9.95. The molecule has 0 aliphatic rings. The molecule has 98 valence electrons. The van der Waals surface area contributed by atoms with E-state index in [1.165, 1.54) is 6.92 Å². The number of unbranched alkanes of at least 4 members (excludes halogenated alkanes) is 3. The summed E-state index contributed by atoms with van der Waals surface area (Å²) in [5.74, 6) is 5.28. The number of hydrogen-bond donors (Lipinski definition) is 0. The average molecular weight is 254 g/mol. The second kappa shape index (κ2) is 8.88. The van der Waals surface area contributed by atoms with Gasteiger partial charge in [-0.3, -0.25) is 9.59 Å². The van der Waals surface area contributed by atoms with E-state index in [2.05, 4.69) is 11.8 Å². The number of allylic oxidation sites excluding steroid dienone is 2. The van der Waals surface area contributed by atoms with Crippen molar-refractivity contribution in [3.8, 4) is 11.8 Å². The molecule has 1 aromatic carbocycles. The quantitative estimate of drug-likeness (QED) is 0.256. The van der Waals surface area contributed by atoms with Crippen molar-refractivity contribution in [2.24, 2.45) is 0 Å². The molecule has 0 N–H and O–H groups in total. The van der Waals surface area contributed by atoms with Gasteiger partial charge in [0.05, 0.1) is 0 Å². The van der Waals surface area contributed by atoms with E-state index in [1.807, 2.05) is 36.4 Å². The Balaban J connectivity index is 2.20. The number of carbonyl (C=O) groups is 2. The topological polar surface area (TPSA) is 34.1 Å². The highest BCUT2D eigenvalue weighted by atomic mass is 16.1. The van der Waals surface area contributed by atoms with Gasteiger partial charge in [0.2, 0.25) is 5.78 Å². The zero-order chi connectivity index (χ0) is 13.9. The molecule has 0 aliphatic carbocycles. The van der Waals surface area contributed by atoms with Crippen molar-refractivity contribution in [2.45, 2.75) is 32.6 Å². The lowest BCUT2D eigenvalue weighted by molar-refractivity contribution is -0.111. The van der Waals surface area contributed by atoms with Crippen LogP contribution in [0.2, 0.25) is 0 Å². The first kappa shape index (κ1) is 14.9. The summed E-state index contributed by atoms with van der Waals surface area (Å²) in [6, 6.07) is 9.22. The maximum Gasteiger partial charge on any atom is 0.202 e. The summed E-state index contributed by atoms with van der Waals surface area (Å²) >= 11 is 0. The summed E-state index contributed by atoms with van der Waals surface area (Å²) in [6.07, 6.45) is 7.04. The molecular weight excluding hydrogens is 236 g/mol. The van der Waals surface area contributed by atoms with Gasteiger partial charge in [-0.2, -0.15) is 0 Å². The van der Waals surface area contributed by atoms with Crippen LogP contribution in [0.15, 0.2) is 42.5 Å². The Morgan fingerprint density at radius 2 is 1.89 bits per heavy atom. The van der Waals surface area contributed by atoms with Crippen molar-refractivity contribution in [1.29, 1.82) is 0 Å². The molecule has 0 heterocycles. The Morgan fingerprint density at radius 1 is 1.16 bits per heavy atom. The van der Waals surface area contributed by atoms with Gasteiger partial charge in [-0.1, -0.05) is 42.3 Å². The molecule has 0 saturated heterocycles. The molecule has 0 bridgehead atoms. The van der Waals surface area contributed by atoms with Gasteiger partial charge >= 0.3 is 0 Å². The average Bonchev–Trinajstić information content (AvgIpc) is 2.42. The number of Topliss-reactive ketones (excluding diaryl/α,β-unsaturated/α-hetero) is 1. The van der Waals surface area contributed by atoms with Crippen LogP contribution in [-0.4, -0.2) is 11.6 Å². The molecule has 19 heavy (non-hydrogen) atoms. The van der Waals surface area contributed by atoms with Gasteiger partial charge in [-0.25, -0.2) is 0 Å². The molecule has 0 saturated carbocycles. The van der Waals surface area contributed by atoms with Gasteiger partial charge in [0.1, 0.15) is 0 Å². The fraction of sp³-hybridized carbons (Fsp3) is 0.294. The molecule has 0 unspecified atom stereocenters. The van der Waals surface area contributed by atoms with Crippen LogP contribution in [0.5, 0.6) is 0 Å². The third-order valence-electron chi connectivity index (χ3n) is 2.51. The molecule has 2 heteroatoms. The SMILES string of the molecule is CC(=O)C#CCCCC/C=C/C(=O)c1ccccc1. The van der Waals surface area contributed by atoms with Crippen molar-refractivity contribution in [3.05, 3.63) is 48.0 Å². The van der Waals surface area contributed by atoms with Crippen LogP contribution in [0.3, 0.4) is 0 Å². The fourth-order valence-corrected chi connectivity index (χ4v) is 1.55. The van der Waals surface area contributed by atoms with Gasteiger partial charge < -0.3 is 0 Å². The smallest absolute Gasteiger partial charge is 0.202 e. The van der Waals surface area contributed by atoms with E-state index in [4.69, 9.17) is 0 Å². The maximum atomic E-state index is 11.7. The molecule has 0 aliphatic heterocycles. The first-order valence-corrected chi connectivity index (χ1v) is 6.45. The number of carbonyl (C=O) groups excluding carboxylic acids is 2. The van der Waals surface area contributed by atoms with Crippen molar-refractivity contribution >= 4 is 11.6 Å². The summed E-state index contributed by atoms with van der Waals surface area (Å²) in [5, 5.41) is 0. The number of hydrogen-bond acceptors (Lipinski definition) is 2. The third-order valence-corrected chi connectivity index (χ3v) is 2.51. The predicted octanol–water partition coefficient (Wildman–Crippen LogP) is 3.58. The second-order valence-corrected chi connectivity index (χ2v) is 4.24. The molecule has 0 radical (unpaired) electrons. The zero-order valence-corrected chi connectivity index (χ0v) is 11.2. The lowest BCUT2D eigenvalue weighted by Crippen LogP contribution is -1.92. The first-order chi connectivity index (χ1) is 9.20. The van der Waals surface area contributed by atoms with Gasteiger partial charge in [0.25, 0.3) is 0 Å². The Kier molecular flexibility index (Phi) is 6.97. The van der Waals surface area contributed by atoms with Crippen molar-refractivity contribution < 1.29 is 9.59 Å². The monoisotopic (exact) mass is 254 g/mol. The molecule has 1 rings (SSSR count). The van der Waals surface area contributed by atoms with E-state index < -0.39 is 0 Å². The largest absolute Gasteiger partial charge is 0.289 e. The van der Waals surface area contributed by atoms with Crippen molar-refractivity contribution in [3.63, 3.8) is 0 Å². The van der Waals surface area contributed by atoms with E-state index in [-0.39, 0.29) is 11.6 Å². The predicted molar refractivity (Wildman–Crippen MR) is 76.8 cm³/mol. The summed E-state index contributed by atoms with van der Waals surface area (Å²) in [6.45, 7) is 1.46. The molecule has 0 fully saturated rings. The Labute approximate surface area is 114 Å². The van der Waals surface area contributed by atoms with Crippen LogP contribution in [0, 0.1) is 11.8 Å². The Bertz CT molecular complexity index is 501. The highest BCUT2D eigenvalue weighted by Gasteiger charge is 1.98. The second-order valence-electron chi connectivity index (χ2n) is 4.24. The molecule has 0 amide bonds. The van der Waals surface area contributed by atoms with Crippen LogP contribution in [0.4, 0.5) is 0 Å². The van der Waals surface area contributed by atoms with Crippen LogP contribution in [-0.2, 0) is 4.79 Å². The summed E-state index contributed by atoms with van der Waals surface area (Å²) < 4.78 is 0. The Hall–Kier alpha value is -2.14. The third kappa shape index (κ3) is 7.00. The van der Waals surface area contributed by atoms with E-state index >= 15 is 0 Å². The van der Waals surface area contributed by atoms with Crippen LogP contribution >= 0.6 is 0 Å². The van der Waals surface area contributed by atoms with Crippen LogP contribution in [0.25, 0.3) is 0 Å². The van der Waals surface area contributed by atoms with Gasteiger partial charge in [0.15, 0.2) is 5.78 Å². The number of ketones is 2. The van der Waals surface area contributed by atoms with Gasteiger partial charge in [-0.05, 0) is 31.3 Å². The zero-order valence-electron chi connectivity index (χ0n) is 11.2. The molecule has 0 spiro atoms. The number of rotatable bonds is 6. The molecular formula is C17H18O2. The Morgan fingerprint density at radius 3 is 2.58 bits per heavy atom. The highest BCUT2D eigenvalue weighted by molar-refractivity contribution is 6.04. The maximum absolute atomic E-state index is 11.7. The van der Waals surface area contributed by atoms with E-state index in [1.54, 1.807) is 6.08 Å². The molecule has 0 aromatic heterocycles. The molecule has 2 nitrogen and oxygen atoms in total. The lowest BCUT2D eigenvalue weighted by atomic mass is 10.1. The van der Waals surface area contributed by atoms with E-state index in [9.17, 15) is 9.59 Å². The van der Waals surface area contributed by atoms with Gasteiger partial charge in [-0.15, -0.1) is 0 Å². The molecule has 0 atom stereocenters. The van der Waals surface area contributed by atoms with Crippen molar-refractivity contribution in [2.75, 3.05) is 0 Å². The standard InChI is InChI=1S/C17H18O2/c1-15(18)11-7-4-2-3-5-10-14-17(19)16-12-8-6-9-13-16/h6,8-10,12-14H,2-5H2,1H3/b14-10+. The van der Waals surface area contributed by atoms with Gasteiger partial charge in [0, 0.05) is 18.9 Å². The van der Waals surface area contributed by atoms with E-state index in [0.717, 1.165) is 25.7 Å². The summed E-state index contributed by atoms with van der Waals surface area (Å²) in [7, 11) is 0. The molecule has 1 aromatic rings. The first-order valence-electron chi connectivity index (χ1n) is 6.45. The van der Waals surface area contributed by atoms with Crippen LogP contribution in [0.1, 0.15) is 43.0 Å². The van der Waals surface area contributed by atoms with Crippen LogP contribution < -0.4 is 0 Å². The summed E-state index contributed by atoms with van der Waals surface area (Å²) in [4.78, 5) is 22.3. The fourth-order valence-electron chi connectivity index (χ4n) is 1.55. The number of benzene rings is 1. The highest BCUT2D eigenvalue weighted by Crippen LogP contribution is 2.03. The lowest BCUT2D eigenvalue weighted by Gasteiger charge is -1.94. The van der Waals surface area contributed by atoms with Crippen molar-refractivity contribution in [1.82, 2.24) is 0 Å². The minimum atomic E-state index is -0.0895. The minimum absolute atomic E-state index is 0.0389. The van der Waals surface area contributed by atoms with E-state index in [0.29, 0.717) is 5.56 Å². The minimum Gasteiger partial charge on any atom is -0.289 e.